The van der Waals surface area contributed by atoms with Crippen molar-refractivity contribution in [3.63, 3.8) is 0 Å². The van der Waals surface area contributed by atoms with Crippen LogP contribution in [0.5, 0.6) is 0 Å². The minimum Gasteiger partial charge on any atom is -0.339 e. The fraction of sp³-hybridized carbons (Fsp3) is 0.533. The van der Waals surface area contributed by atoms with E-state index in [9.17, 15) is 4.79 Å². The second-order valence-corrected chi connectivity index (χ2v) is 4.86. The molecule has 1 N–H and O–H groups in total. The number of likely N-dealkylation sites (tertiary alicyclic amines) is 1. The quantitative estimate of drug-likeness (QED) is 0.882. The Balaban J connectivity index is 2.12. The van der Waals surface area contributed by atoms with Gasteiger partial charge in [0.25, 0.3) is 5.91 Å². The first-order valence-corrected chi connectivity index (χ1v) is 6.84. The molecular weight excluding hydrogens is 224 g/mol. The van der Waals surface area contributed by atoms with Gasteiger partial charge in [0.15, 0.2) is 0 Å². The first kappa shape index (κ1) is 13.1. The number of nitrogens with one attached hydrogen (secondary N) is 1. The molecule has 1 aromatic carbocycles. The van der Waals surface area contributed by atoms with E-state index in [-0.39, 0.29) is 5.91 Å². The molecule has 0 radical (unpaired) electrons. The largest absolute Gasteiger partial charge is 0.339 e. The summed E-state index contributed by atoms with van der Waals surface area (Å²) in [5.41, 5.74) is 2.04. The molecule has 0 spiro atoms. The zero-order chi connectivity index (χ0) is 12.8. The fourth-order valence-corrected chi connectivity index (χ4v) is 2.47. The Morgan fingerprint density at radius 3 is 2.67 bits per heavy atom. The van der Waals surface area contributed by atoms with Gasteiger partial charge in [-0.05, 0) is 50.9 Å². The zero-order valence-electron chi connectivity index (χ0n) is 11.1. The molecule has 0 bridgehead atoms. The SMILES string of the molecule is CNCCc1ccccc1C(=O)N1CCCCC1. The van der Waals surface area contributed by atoms with Crippen molar-refractivity contribution in [2.24, 2.45) is 0 Å². The molecule has 3 heteroatoms. The number of hydrogen-bond acceptors (Lipinski definition) is 2. The lowest BCUT2D eigenvalue weighted by Gasteiger charge is -2.27. The Morgan fingerprint density at radius 1 is 1.22 bits per heavy atom. The van der Waals surface area contributed by atoms with Gasteiger partial charge in [-0.15, -0.1) is 0 Å². The van der Waals surface area contributed by atoms with Gasteiger partial charge < -0.3 is 10.2 Å². The van der Waals surface area contributed by atoms with E-state index >= 15 is 0 Å². The summed E-state index contributed by atoms with van der Waals surface area (Å²) in [5, 5.41) is 3.14. The monoisotopic (exact) mass is 246 g/mol. The minimum absolute atomic E-state index is 0.210. The summed E-state index contributed by atoms with van der Waals surface area (Å²) in [4.78, 5) is 14.5. The van der Waals surface area contributed by atoms with Crippen LogP contribution in [-0.4, -0.2) is 37.5 Å². The number of piperidine rings is 1. The van der Waals surface area contributed by atoms with Crippen LogP contribution in [0.1, 0.15) is 35.2 Å². The van der Waals surface area contributed by atoms with Gasteiger partial charge in [-0.3, -0.25) is 4.79 Å². The average Bonchev–Trinajstić information content (AvgIpc) is 2.45. The molecule has 98 valence electrons. The third-order valence-electron chi connectivity index (χ3n) is 3.54. The van der Waals surface area contributed by atoms with Crippen molar-refractivity contribution in [2.75, 3.05) is 26.7 Å². The van der Waals surface area contributed by atoms with Crippen molar-refractivity contribution in [2.45, 2.75) is 25.7 Å². The van der Waals surface area contributed by atoms with Crippen molar-refractivity contribution < 1.29 is 4.79 Å². The van der Waals surface area contributed by atoms with Gasteiger partial charge in [-0.2, -0.15) is 0 Å². The Hall–Kier alpha value is -1.35. The second kappa shape index (κ2) is 6.55. The molecule has 1 saturated heterocycles. The third kappa shape index (κ3) is 3.10. The lowest BCUT2D eigenvalue weighted by Crippen LogP contribution is -2.36. The summed E-state index contributed by atoms with van der Waals surface area (Å²) in [6.07, 6.45) is 4.45. The second-order valence-electron chi connectivity index (χ2n) is 4.86. The van der Waals surface area contributed by atoms with Crippen LogP contribution in [0.15, 0.2) is 24.3 Å². The predicted molar refractivity (Wildman–Crippen MR) is 73.8 cm³/mol. The van der Waals surface area contributed by atoms with Crippen LogP contribution in [-0.2, 0) is 6.42 Å². The molecule has 1 aliphatic heterocycles. The molecule has 0 unspecified atom stereocenters. The van der Waals surface area contributed by atoms with E-state index in [1.54, 1.807) is 0 Å². The Bertz CT molecular complexity index is 397. The van der Waals surface area contributed by atoms with Crippen LogP contribution in [0.2, 0.25) is 0 Å². The molecule has 1 aliphatic rings. The fourth-order valence-electron chi connectivity index (χ4n) is 2.47. The molecular formula is C15H22N2O. The molecule has 0 aromatic heterocycles. The van der Waals surface area contributed by atoms with Crippen molar-refractivity contribution in [3.05, 3.63) is 35.4 Å². The first-order chi connectivity index (χ1) is 8.83. The summed E-state index contributed by atoms with van der Waals surface area (Å²) in [6.45, 7) is 2.74. The van der Waals surface area contributed by atoms with E-state index in [4.69, 9.17) is 0 Å². The van der Waals surface area contributed by atoms with Gasteiger partial charge in [0.1, 0.15) is 0 Å². The molecule has 0 atom stereocenters. The van der Waals surface area contributed by atoms with Crippen LogP contribution in [0, 0.1) is 0 Å². The molecule has 1 fully saturated rings. The molecule has 1 aromatic rings. The summed E-state index contributed by atoms with van der Waals surface area (Å²) in [5.74, 6) is 0.210. The number of benzene rings is 1. The predicted octanol–water partition coefficient (Wildman–Crippen LogP) is 2.07. The van der Waals surface area contributed by atoms with Gasteiger partial charge in [0.2, 0.25) is 0 Å². The van der Waals surface area contributed by atoms with Crippen LogP contribution < -0.4 is 5.32 Å². The lowest BCUT2D eigenvalue weighted by atomic mass is 10.0. The zero-order valence-corrected chi connectivity index (χ0v) is 11.1. The van der Waals surface area contributed by atoms with Crippen LogP contribution in [0.25, 0.3) is 0 Å². The van der Waals surface area contributed by atoms with Crippen LogP contribution >= 0.6 is 0 Å². The number of carbonyl (C=O) groups excluding carboxylic acids is 1. The normalized spacial score (nSPS) is 15.7. The number of amides is 1. The summed E-state index contributed by atoms with van der Waals surface area (Å²) >= 11 is 0. The molecule has 18 heavy (non-hydrogen) atoms. The maximum Gasteiger partial charge on any atom is 0.254 e. The highest BCUT2D eigenvalue weighted by Gasteiger charge is 2.19. The van der Waals surface area contributed by atoms with E-state index < -0.39 is 0 Å². The molecule has 1 heterocycles. The molecule has 2 rings (SSSR count). The maximum absolute atomic E-state index is 12.5. The average molecular weight is 246 g/mol. The third-order valence-corrected chi connectivity index (χ3v) is 3.54. The van der Waals surface area contributed by atoms with Gasteiger partial charge in [-0.1, -0.05) is 18.2 Å². The van der Waals surface area contributed by atoms with E-state index in [1.807, 2.05) is 30.1 Å². The van der Waals surface area contributed by atoms with E-state index in [1.165, 1.54) is 6.42 Å². The molecule has 1 amide bonds. The lowest BCUT2D eigenvalue weighted by molar-refractivity contribution is 0.0723. The van der Waals surface area contributed by atoms with Gasteiger partial charge in [-0.25, -0.2) is 0 Å². The number of nitrogens with zero attached hydrogens (tertiary/aromatic N) is 1. The highest BCUT2D eigenvalue weighted by atomic mass is 16.2. The molecule has 3 nitrogen and oxygen atoms in total. The van der Waals surface area contributed by atoms with Crippen LogP contribution in [0.4, 0.5) is 0 Å². The van der Waals surface area contributed by atoms with Crippen molar-refractivity contribution in [1.82, 2.24) is 10.2 Å². The van der Waals surface area contributed by atoms with Crippen molar-refractivity contribution in [3.8, 4) is 0 Å². The Kier molecular flexibility index (Phi) is 4.76. The summed E-state index contributed by atoms with van der Waals surface area (Å²) in [7, 11) is 1.94. The van der Waals surface area contributed by atoms with E-state index in [0.29, 0.717) is 0 Å². The van der Waals surface area contributed by atoms with Gasteiger partial charge in [0.05, 0.1) is 0 Å². The van der Waals surface area contributed by atoms with Gasteiger partial charge in [0, 0.05) is 18.7 Å². The van der Waals surface area contributed by atoms with E-state index in [2.05, 4.69) is 11.4 Å². The number of carbonyl (C=O) groups is 1. The highest BCUT2D eigenvalue weighted by Crippen LogP contribution is 2.16. The smallest absolute Gasteiger partial charge is 0.254 e. The van der Waals surface area contributed by atoms with Crippen LogP contribution in [0.3, 0.4) is 0 Å². The van der Waals surface area contributed by atoms with Crippen molar-refractivity contribution in [1.29, 1.82) is 0 Å². The Morgan fingerprint density at radius 2 is 1.94 bits per heavy atom. The number of rotatable bonds is 4. The first-order valence-electron chi connectivity index (χ1n) is 6.84. The standard InChI is InChI=1S/C15H22N2O/c1-16-10-9-13-7-3-4-8-14(13)15(18)17-11-5-2-6-12-17/h3-4,7-8,16H,2,5-6,9-12H2,1H3. The minimum atomic E-state index is 0.210. The number of likely N-dealkylation sites (N-methyl/N-ethyl adjacent to an activating group) is 1. The Labute approximate surface area is 109 Å². The molecule has 0 saturated carbocycles. The van der Waals surface area contributed by atoms with Gasteiger partial charge >= 0.3 is 0 Å². The number of hydrogen-bond donors (Lipinski definition) is 1. The topological polar surface area (TPSA) is 32.3 Å². The molecule has 0 aliphatic carbocycles. The maximum atomic E-state index is 12.5. The summed E-state index contributed by atoms with van der Waals surface area (Å²) < 4.78 is 0. The van der Waals surface area contributed by atoms with E-state index in [0.717, 1.165) is 50.0 Å². The summed E-state index contributed by atoms with van der Waals surface area (Å²) in [6, 6.07) is 7.99. The van der Waals surface area contributed by atoms with Crippen molar-refractivity contribution >= 4 is 5.91 Å². The highest BCUT2D eigenvalue weighted by molar-refractivity contribution is 5.95.